The highest BCUT2D eigenvalue weighted by atomic mass is 35.5. The van der Waals surface area contributed by atoms with Crippen LogP contribution in [-0.4, -0.2) is 20.6 Å². The van der Waals surface area contributed by atoms with Gasteiger partial charge in [0, 0.05) is 25.3 Å². The molecule has 0 radical (unpaired) electrons. The molecule has 0 aromatic heterocycles. The summed E-state index contributed by atoms with van der Waals surface area (Å²) in [6.07, 6.45) is 1.07. The zero-order valence-corrected chi connectivity index (χ0v) is 15.6. The van der Waals surface area contributed by atoms with Crippen molar-refractivity contribution in [1.29, 1.82) is 0 Å². The number of esters is 1. The van der Waals surface area contributed by atoms with Crippen LogP contribution in [0.1, 0.15) is 6.92 Å². The number of carbonyl (C=O) groups is 1. The Kier molecular flexibility index (Phi) is 5.65. The van der Waals surface area contributed by atoms with Gasteiger partial charge in [-0.2, -0.15) is 0 Å². The van der Waals surface area contributed by atoms with Crippen LogP contribution in [0.4, 0.5) is 0 Å². The van der Waals surface area contributed by atoms with E-state index in [-0.39, 0.29) is 37.2 Å². The molecule has 0 amide bonds. The standard InChI is InChI=1S/C15H11Cl3O5S/c1-8(19)22-14-6-10(16)11(17)7-15(14)23-13-4-3-9(5-12(13)18)24(2,20)21/h3-7H,1-2H3. The topological polar surface area (TPSA) is 69.7 Å². The highest BCUT2D eigenvalue weighted by molar-refractivity contribution is 7.90. The highest BCUT2D eigenvalue weighted by Gasteiger charge is 2.16. The van der Waals surface area contributed by atoms with Gasteiger partial charge in [0.1, 0.15) is 5.75 Å². The molecule has 2 rings (SSSR count). The summed E-state index contributed by atoms with van der Waals surface area (Å²) < 4.78 is 33.7. The first-order valence-electron chi connectivity index (χ1n) is 6.43. The van der Waals surface area contributed by atoms with Gasteiger partial charge in [-0.3, -0.25) is 4.79 Å². The van der Waals surface area contributed by atoms with Crippen molar-refractivity contribution >= 4 is 50.6 Å². The average Bonchev–Trinajstić information content (AvgIpc) is 2.44. The molecule has 0 N–H and O–H groups in total. The second kappa shape index (κ2) is 7.19. The van der Waals surface area contributed by atoms with Crippen LogP contribution in [-0.2, 0) is 14.6 Å². The minimum Gasteiger partial charge on any atom is -0.452 e. The summed E-state index contributed by atoms with van der Waals surface area (Å²) in [6, 6.07) is 6.69. The molecular weight excluding hydrogens is 399 g/mol. The first-order valence-corrected chi connectivity index (χ1v) is 9.45. The van der Waals surface area contributed by atoms with Crippen molar-refractivity contribution in [2.24, 2.45) is 0 Å². The molecule has 0 unspecified atom stereocenters. The van der Waals surface area contributed by atoms with E-state index in [2.05, 4.69) is 0 Å². The normalized spacial score (nSPS) is 11.2. The van der Waals surface area contributed by atoms with Gasteiger partial charge in [0.15, 0.2) is 21.3 Å². The zero-order chi connectivity index (χ0) is 18.1. The smallest absolute Gasteiger partial charge is 0.308 e. The van der Waals surface area contributed by atoms with E-state index in [0.717, 1.165) is 6.26 Å². The molecular formula is C15H11Cl3O5S. The first-order chi connectivity index (χ1) is 11.1. The Labute approximate surface area is 154 Å². The Morgan fingerprint density at radius 3 is 2.00 bits per heavy atom. The fraction of sp³-hybridized carbons (Fsp3) is 0.133. The minimum atomic E-state index is -3.40. The lowest BCUT2D eigenvalue weighted by molar-refractivity contribution is -0.131. The quantitative estimate of drug-likeness (QED) is 0.537. The van der Waals surface area contributed by atoms with Crippen molar-refractivity contribution in [2.45, 2.75) is 11.8 Å². The third-order valence-electron chi connectivity index (χ3n) is 2.79. The number of halogens is 3. The van der Waals surface area contributed by atoms with Crippen LogP contribution in [0.25, 0.3) is 0 Å². The highest BCUT2D eigenvalue weighted by Crippen LogP contribution is 2.40. The molecule has 0 aliphatic carbocycles. The summed E-state index contributed by atoms with van der Waals surface area (Å²) >= 11 is 17.9. The van der Waals surface area contributed by atoms with E-state index in [1.54, 1.807) is 0 Å². The van der Waals surface area contributed by atoms with Gasteiger partial charge < -0.3 is 9.47 Å². The molecule has 0 heterocycles. The lowest BCUT2D eigenvalue weighted by Gasteiger charge is -2.13. The number of benzene rings is 2. The number of carbonyl (C=O) groups excluding carboxylic acids is 1. The molecule has 0 atom stereocenters. The Hall–Kier alpha value is -1.47. The van der Waals surface area contributed by atoms with Crippen molar-refractivity contribution in [3.63, 3.8) is 0 Å². The number of hydrogen-bond donors (Lipinski definition) is 0. The summed E-state index contributed by atoms with van der Waals surface area (Å²) in [7, 11) is -3.40. The van der Waals surface area contributed by atoms with Crippen molar-refractivity contribution < 1.29 is 22.7 Å². The summed E-state index contributed by atoms with van der Waals surface area (Å²) in [5, 5.41) is 0.433. The van der Waals surface area contributed by atoms with E-state index in [9.17, 15) is 13.2 Å². The van der Waals surface area contributed by atoms with Crippen LogP contribution in [0.2, 0.25) is 15.1 Å². The van der Waals surface area contributed by atoms with E-state index < -0.39 is 15.8 Å². The SMILES string of the molecule is CC(=O)Oc1cc(Cl)c(Cl)cc1Oc1ccc(S(C)(=O)=O)cc1Cl. The van der Waals surface area contributed by atoms with Gasteiger partial charge in [-0.15, -0.1) is 0 Å². The van der Waals surface area contributed by atoms with Crippen molar-refractivity contribution in [1.82, 2.24) is 0 Å². The van der Waals surface area contributed by atoms with Gasteiger partial charge in [0.2, 0.25) is 0 Å². The summed E-state index contributed by atoms with van der Waals surface area (Å²) in [6.45, 7) is 1.22. The maximum Gasteiger partial charge on any atom is 0.308 e. The van der Waals surface area contributed by atoms with Gasteiger partial charge in [-0.25, -0.2) is 8.42 Å². The van der Waals surface area contributed by atoms with Crippen molar-refractivity contribution in [3.05, 3.63) is 45.4 Å². The molecule has 0 aliphatic rings. The fourth-order valence-corrected chi connectivity index (χ4v) is 2.98. The molecule has 0 saturated carbocycles. The molecule has 128 valence electrons. The largest absolute Gasteiger partial charge is 0.452 e. The summed E-state index contributed by atoms with van der Waals surface area (Å²) in [5.41, 5.74) is 0. The van der Waals surface area contributed by atoms with Crippen LogP contribution in [0.3, 0.4) is 0 Å². The first kappa shape index (κ1) is 18.9. The van der Waals surface area contributed by atoms with Gasteiger partial charge >= 0.3 is 5.97 Å². The van der Waals surface area contributed by atoms with Crippen LogP contribution in [0, 0.1) is 0 Å². The van der Waals surface area contributed by atoms with E-state index in [4.69, 9.17) is 44.3 Å². The average molecular weight is 410 g/mol. The molecule has 2 aromatic carbocycles. The van der Waals surface area contributed by atoms with Crippen LogP contribution < -0.4 is 9.47 Å². The van der Waals surface area contributed by atoms with Gasteiger partial charge in [-0.05, 0) is 18.2 Å². The third-order valence-corrected chi connectivity index (χ3v) is 4.92. The molecule has 0 spiro atoms. The maximum absolute atomic E-state index is 11.5. The number of ether oxygens (including phenoxy) is 2. The van der Waals surface area contributed by atoms with Gasteiger partial charge in [0.25, 0.3) is 0 Å². The Morgan fingerprint density at radius 1 is 0.917 bits per heavy atom. The lowest BCUT2D eigenvalue weighted by atomic mass is 10.3. The van der Waals surface area contributed by atoms with E-state index in [1.165, 1.54) is 37.3 Å². The number of sulfone groups is 1. The predicted molar refractivity (Wildman–Crippen MR) is 92.4 cm³/mol. The molecule has 2 aromatic rings. The second-order valence-electron chi connectivity index (χ2n) is 4.77. The summed E-state index contributed by atoms with van der Waals surface area (Å²) in [5.74, 6) is -0.249. The fourth-order valence-electron chi connectivity index (χ4n) is 1.74. The second-order valence-corrected chi connectivity index (χ2v) is 8.01. The van der Waals surface area contributed by atoms with Crippen molar-refractivity contribution in [3.8, 4) is 17.2 Å². The molecule has 24 heavy (non-hydrogen) atoms. The Balaban J connectivity index is 2.44. The zero-order valence-electron chi connectivity index (χ0n) is 12.5. The van der Waals surface area contributed by atoms with Crippen LogP contribution in [0.5, 0.6) is 17.2 Å². The van der Waals surface area contributed by atoms with E-state index in [0.29, 0.717) is 0 Å². The minimum absolute atomic E-state index is 0.0502. The predicted octanol–water partition coefficient (Wildman–Crippen LogP) is 4.77. The number of hydrogen-bond acceptors (Lipinski definition) is 5. The molecule has 0 aliphatic heterocycles. The molecule has 9 heteroatoms. The Morgan fingerprint density at radius 2 is 1.50 bits per heavy atom. The summed E-state index contributed by atoms with van der Waals surface area (Å²) in [4.78, 5) is 11.2. The third kappa shape index (κ3) is 4.54. The monoisotopic (exact) mass is 408 g/mol. The molecule has 5 nitrogen and oxygen atoms in total. The number of rotatable bonds is 4. The maximum atomic E-state index is 11.5. The molecule has 0 fully saturated rings. The lowest BCUT2D eigenvalue weighted by Crippen LogP contribution is -2.03. The van der Waals surface area contributed by atoms with E-state index in [1.807, 2.05) is 0 Å². The van der Waals surface area contributed by atoms with Gasteiger partial charge in [0.05, 0.1) is 20.0 Å². The van der Waals surface area contributed by atoms with E-state index >= 15 is 0 Å². The molecule has 0 bridgehead atoms. The van der Waals surface area contributed by atoms with Crippen molar-refractivity contribution in [2.75, 3.05) is 6.26 Å². The van der Waals surface area contributed by atoms with Crippen LogP contribution in [0.15, 0.2) is 35.2 Å². The van der Waals surface area contributed by atoms with Crippen LogP contribution >= 0.6 is 34.8 Å². The van der Waals surface area contributed by atoms with Gasteiger partial charge in [-0.1, -0.05) is 34.8 Å². The molecule has 0 saturated heterocycles. The Bertz CT molecular complexity index is 910.